The van der Waals surface area contributed by atoms with Crippen molar-refractivity contribution in [3.8, 4) is 0 Å². The van der Waals surface area contributed by atoms with Gasteiger partial charge in [-0.3, -0.25) is 4.79 Å². The van der Waals surface area contributed by atoms with E-state index in [9.17, 15) is 9.59 Å². The van der Waals surface area contributed by atoms with Gasteiger partial charge in [0, 0.05) is 12.1 Å². The number of amides is 1. The van der Waals surface area contributed by atoms with E-state index in [0.29, 0.717) is 18.0 Å². The fraction of sp³-hybridized carbons (Fsp3) is 0.467. The lowest BCUT2D eigenvalue weighted by molar-refractivity contribution is -0.117. The van der Waals surface area contributed by atoms with Crippen LogP contribution in [0.25, 0.3) is 0 Å². The zero-order valence-corrected chi connectivity index (χ0v) is 11.1. The summed E-state index contributed by atoms with van der Waals surface area (Å²) in [5, 5.41) is 11.8. The number of carboxylic acids is 1. The van der Waals surface area contributed by atoms with Crippen LogP contribution in [0.3, 0.4) is 0 Å². The second kappa shape index (κ2) is 5.87. The molecule has 1 aliphatic rings. The number of benzene rings is 1. The zero-order chi connectivity index (χ0) is 13.8. The van der Waals surface area contributed by atoms with E-state index >= 15 is 0 Å². The minimum absolute atomic E-state index is 0.0162. The summed E-state index contributed by atoms with van der Waals surface area (Å²) in [5.74, 6) is -0.508. The number of carbonyl (C=O) groups excluding carboxylic acids is 1. The first-order chi connectivity index (χ1) is 9.06. The van der Waals surface area contributed by atoms with Crippen molar-refractivity contribution in [2.45, 2.75) is 39.0 Å². The first-order valence-electron chi connectivity index (χ1n) is 6.70. The second-order valence-electron chi connectivity index (χ2n) is 5.24. The molecule has 1 aromatic rings. The molecule has 0 bridgehead atoms. The molecule has 0 heterocycles. The van der Waals surface area contributed by atoms with Gasteiger partial charge in [-0.05, 0) is 43.4 Å². The highest BCUT2D eigenvalue weighted by Crippen LogP contribution is 2.28. The first-order valence-corrected chi connectivity index (χ1v) is 6.70. The predicted octanol–water partition coefficient (Wildman–Crippen LogP) is 3.21. The molecule has 1 aromatic carbocycles. The van der Waals surface area contributed by atoms with E-state index in [-0.39, 0.29) is 11.5 Å². The number of aryl methyl sites for hydroxylation is 1. The molecule has 1 amide bonds. The Hall–Kier alpha value is -1.84. The van der Waals surface area contributed by atoms with Crippen LogP contribution in [0.1, 0.15) is 48.0 Å². The monoisotopic (exact) mass is 261 g/mol. The average molecular weight is 261 g/mol. The second-order valence-corrected chi connectivity index (χ2v) is 5.24. The molecule has 102 valence electrons. The lowest BCUT2D eigenvalue weighted by Crippen LogP contribution is -2.16. The SMILES string of the molecule is Cc1ccc(C(=O)O)cc1NC(=O)CC1CCCC1. The Bertz CT molecular complexity index is 490. The quantitative estimate of drug-likeness (QED) is 0.874. The Kier molecular flexibility index (Phi) is 4.20. The molecule has 0 spiro atoms. The fourth-order valence-electron chi connectivity index (χ4n) is 2.57. The van der Waals surface area contributed by atoms with Crippen LogP contribution >= 0.6 is 0 Å². The third kappa shape index (κ3) is 3.56. The molecule has 0 atom stereocenters. The Morgan fingerprint density at radius 3 is 2.63 bits per heavy atom. The Morgan fingerprint density at radius 2 is 2.00 bits per heavy atom. The molecule has 0 aliphatic heterocycles. The minimum atomic E-state index is -0.980. The molecule has 0 unspecified atom stereocenters. The number of nitrogens with one attached hydrogen (secondary N) is 1. The normalized spacial score (nSPS) is 15.4. The highest BCUT2D eigenvalue weighted by atomic mass is 16.4. The molecule has 0 radical (unpaired) electrons. The van der Waals surface area contributed by atoms with Crippen molar-refractivity contribution in [2.24, 2.45) is 5.92 Å². The van der Waals surface area contributed by atoms with Crippen molar-refractivity contribution in [2.75, 3.05) is 5.32 Å². The van der Waals surface area contributed by atoms with Gasteiger partial charge in [0.1, 0.15) is 0 Å². The van der Waals surface area contributed by atoms with E-state index in [4.69, 9.17) is 5.11 Å². The van der Waals surface area contributed by atoms with Gasteiger partial charge in [0.05, 0.1) is 5.56 Å². The van der Waals surface area contributed by atoms with E-state index < -0.39 is 5.97 Å². The third-order valence-corrected chi connectivity index (χ3v) is 3.71. The zero-order valence-electron chi connectivity index (χ0n) is 11.1. The molecule has 0 saturated heterocycles. The molecule has 19 heavy (non-hydrogen) atoms. The summed E-state index contributed by atoms with van der Waals surface area (Å²) in [4.78, 5) is 22.9. The average Bonchev–Trinajstić information content (AvgIpc) is 2.84. The van der Waals surface area contributed by atoms with Crippen molar-refractivity contribution in [3.05, 3.63) is 29.3 Å². The van der Waals surface area contributed by atoms with Crippen LogP contribution < -0.4 is 5.32 Å². The summed E-state index contributed by atoms with van der Waals surface area (Å²) in [6.45, 7) is 1.86. The molecule has 1 saturated carbocycles. The van der Waals surface area contributed by atoms with Crippen LogP contribution in [0, 0.1) is 12.8 Å². The minimum Gasteiger partial charge on any atom is -0.478 e. The summed E-state index contributed by atoms with van der Waals surface area (Å²) in [7, 11) is 0. The first kappa shape index (κ1) is 13.6. The predicted molar refractivity (Wildman–Crippen MR) is 73.3 cm³/mol. The smallest absolute Gasteiger partial charge is 0.335 e. The molecule has 2 N–H and O–H groups in total. The van der Waals surface area contributed by atoms with Crippen molar-refractivity contribution in [3.63, 3.8) is 0 Å². The molecular formula is C15H19NO3. The summed E-state index contributed by atoms with van der Waals surface area (Å²) in [6.07, 6.45) is 5.22. The Balaban J connectivity index is 2.02. The van der Waals surface area contributed by atoms with Gasteiger partial charge >= 0.3 is 5.97 Å². The molecule has 0 aromatic heterocycles. The van der Waals surface area contributed by atoms with Gasteiger partial charge in [-0.1, -0.05) is 18.9 Å². The number of hydrogen-bond acceptors (Lipinski definition) is 2. The van der Waals surface area contributed by atoms with Crippen LogP contribution in [0.4, 0.5) is 5.69 Å². The number of aromatic carboxylic acids is 1. The molecule has 4 heteroatoms. The van der Waals surface area contributed by atoms with Crippen LogP contribution in [-0.2, 0) is 4.79 Å². The van der Waals surface area contributed by atoms with Crippen molar-refractivity contribution in [1.82, 2.24) is 0 Å². The molecule has 1 fully saturated rings. The van der Waals surface area contributed by atoms with E-state index in [2.05, 4.69) is 5.32 Å². The van der Waals surface area contributed by atoms with Gasteiger partial charge in [0.2, 0.25) is 5.91 Å². The number of carbonyl (C=O) groups is 2. The fourth-order valence-corrected chi connectivity index (χ4v) is 2.57. The molecule has 1 aliphatic carbocycles. The standard InChI is InChI=1S/C15H19NO3/c1-10-6-7-12(15(18)19)9-13(10)16-14(17)8-11-4-2-3-5-11/h6-7,9,11H,2-5,8H2,1H3,(H,16,17)(H,18,19). The van der Waals surface area contributed by atoms with Gasteiger partial charge in [-0.25, -0.2) is 4.79 Å². The van der Waals surface area contributed by atoms with Crippen LogP contribution in [-0.4, -0.2) is 17.0 Å². The summed E-state index contributed by atoms with van der Waals surface area (Å²) in [5.41, 5.74) is 1.68. The Labute approximate surface area is 112 Å². The Morgan fingerprint density at radius 1 is 1.32 bits per heavy atom. The maximum Gasteiger partial charge on any atom is 0.335 e. The topological polar surface area (TPSA) is 66.4 Å². The molecule has 4 nitrogen and oxygen atoms in total. The molecular weight excluding hydrogens is 242 g/mol. The summed E-state index contributed by atoms with van der Waals surface area (Å²) >= 11 is 0. The van der Waals surface area contributed by atoms with Crippen molar-refractivity contribution in [1.29, 1.82) is 0 Å². The number of rotatable bonds is 4. The van der Waals surface area contributed by atoms with Gasteiger partial charge in [0.15, 0.2) is 0 Å². The van der Waals surface area contributed by atoms with Crippen molar-refractivity contribution >= 4 is 17.6 Å². The third-order valence-electron chi connectivity index (χ3n) is 3.71. The highest BCUT2D eigenvalue weighted by molar-refractivity contribution is 5.94. The number of carboxylic acid groups (broad SMARTS) is 1. The van der Waals surface area contributed by atoms with E-state index in [0.717, 1.165) is 18.4 Å². The maximum absolute atomic E-state index is 11.9. The van der Waals surface area contributed by atoms with Gasteiger partial charge < -0.3 is 10.4 Å². The number of hydrogen-bond donors (Lipinski definition) is 2. The van der Waals surface area contributed by atoms with E-state index in [1.165, 1.54) is 18.9 Å². The van der Waals surface area contributed by atoms with E-state index in [1.54, 1.807) is 12.1 Å². The van der Waals surface area contributed by atoms with Crippen molar-refractivity contribution < 1.29 is 14.7 Å². The van der Waals surface area contributed by atoms with E-state index in [1.807, 2.05) is 6.92 Å². The largest absolute Gasteiger partial charge is 0.478 e. The van der Waals surface area contributed by atoms with Crippen LogP contribution in [0.5, 0.6) is 0 Å². The van der Waals surface area contributed by atoms with Gasteiger partial charge in [0.25, 0.3) is 0 Å². The van der Waals surface area contributed by atoms with Gasteiger partial charge in [-0.15, -0.1) is 0 Å². The highest BCUT2D eigenvalue weighted by Gasteiger charge is 2.19. The summed E-state index contributed by atoms with van der Waals surface area (Å²) in [6, 6.07) is 4.78. The number of anilines is 1. The maximum atomic E-state index is 11.9. The lowest BCUT2D eigenvalue weighted by atomic mass is 10.0. The van der Waals surface area contributed by atoms with Crippen LogP contribution in [0.15, 0.2) is 18.2 Å². The van der Waals surface area contributed by atoms with Crippen LogP contribution in [0.2, 0.25) is 0 Å². The molecule has 2 rings (SSSR count). The lowest BCUT2D eigenvalue weighted by Gasteiger charge is -2.12. The van der Waals surface area contributed by atoms with Gasteiger partial charge in [-0.2, -0.15) is 0 Å². The summed E-state index contributed by atoms with van der Waals surface area (Å²) < 4.78 is 0.